The molecule has 17 heavy (non-hydrogen) atoms. The van der Waals surface area contributed by atoms with E-state index < -0.39 is 11.7 Å². The topological polar surface area (TPSA) is 49.4 Å². The number of nitrogens with one attached hydrogen (secondary N) is 1. The highest BCUT2D eigenvalue weighted by Crippen LogP contribution is 2.10. The number of nitrogens with zero attached hydrogens (tertiary/aromatic N) is 1. The van der Waals surface area contributed by atoms with Gasteiger partial charge in [-0.2, -0.15) is 0 Å². The minimum Gasteiger partial charge on any atom is -0.348 e. The van der Waals surface area contributed by atoms with Gasteiger partial charge in [-0.15, -0.1) is 0 Å². The van der Waals surface area contributed by atoms with Gasteiger partial charge in [-0.05, 0) is 38.4 Å². The molecule has 4 nitrogen and oxygen atoms in total. The Morgan fingerprint density at radius 1 is 1.24 bits per heavy atom. The van der Waals surface area contributed by atoms with Crippen LogP contribution in [0.2, 0.25) is 0 Å². The predicted octanol–water partition coefficient (Wildman–Crippen LogP) is 1.31. The van der Waals surface area contributed by atoms with Crippen LogP contribution in [0, 0.1) is 0 Å². The first-order valence-corrected chi connectivity index (χ1v) is 6.03. The van der Waals surface area contributed by atoms with Crippen molar-refractivity contribution < 1.29 is 9.59 Å². The molecule has 0 aromatic heterocycles. The monoisotopic (exact) mass is 298 g/mol. The largest absolute Gasteiger partial charge is 0.348 e. The van der Waals surface area contributed by atoms with E-state index in [0.29, 0.717) is 18.7 Å². The summed E-state index contributed by atoms with van der Waals surface area (Å²) in [6.45, 7) is 1.17. The minimum absolute atomic E-state index is 0.399. The van der Waals surface area contributed by atoms with E-state index in [2.05, 4.69) is 21.2 Å². The SMILES string of the molecule is CN(C)CCNC(=O)C(=O)c1ccc(Br)cc1. The average Bonchev–Trinajstić information content (AvgIpc) is 2.28. The molecule has 0 aliphatic rings. The molecule has 1 amide bonds. The Hall–Kier alpha value is -1.20. The Kier molecular flexibility index (Phi) is 5.31. The van der Waals surface area contributed by atoms with Gasteiger partial charge in [0.05, 0.1) is 0 Å². The van der Waals surface area contributed by atoms with Gasteiger partial charge in [0.2, 0.25) is 5.78 Å². The number of Topliss-reactive ketones (excluding diaryl/α,β-unsaturated/α-hetero) is 1. The minimum atomic E-state index is -0.561. The Bertz CT molecular complexity index is 401. The second-order valence-electron chi connectivity index (χ2n) is 3.90. The fraction of sp³-hybridized carbons (Fsp3) is 0.333. The zero-order chi connectivity index (χ0) is 12.8. The molecule has 1 N–H and O–H groups in total. The number of benzene rings is 1. The van der Waals surface area contributed by atoms with Gasteiger partial charge in [-0.3, -0.25) is 9.59 Å². The quantitative estimate of drug-likeness (QED) is 0.659. The maximum Gasteiger partial charge on any atom is 0.292 e. The van der Waals surface area contributed by atoms with Crippen LogP contribution in [0.4, 0.5) is 0 Å². The maximum atomic E-state index is 11.7. The van der Waals surface area contributed by atoms with Gasteiger partial charge < -0.3 is 10.2 Å². The number of hydrogen-bond acceptors (Lipinski definition) is 3. The Balaban J connectivity index is 2.52. The van der Waals surface area contributed by atoms with Crippen molar-refractivity contribution in [2.45, 2.75) is 0 Å². The molecule has 1 aromatic carbocycles. The van der Waals surface area contributed by atoms with E-state index in [4.69, 9.17) is 0 Å². The Morgan fingerprint density at radius 2 is 1.82 bits per heavy atom. The zero-order valence-corrected chi connectivity index (χ0v) is 11.5. The molecule has 0 saturated heterocycles. The van der Waals surface area contributed by atoms with Gasteiger partial charge in [-0.25, -0.2) is 0 Å². The van der Waals surface area contributed by atoms with E-state index >= 15 is 0 Å². The van der Waals surface area contributed by atoms with Crippen molar-refractivity contribution in [1.82, 2.24) is 10.2 Å². The second-order valence-corrected chi connectivity index (χ2v) is 4.81. The first-order chi connectivity index (χ1) is 8.00. The molecule has 0 fully saturated rings. The van der Waals surface area contributed by atoms with E-state index in [-0.39, 0.29) is 0 Å². The van der Waals surface area contributed by atoms with E-state index in [1.165, 1.54) is 0 Å². The standard InChI is InChI=1S/C12H15BrN2O2/c1-15(2)8-7-14-12(17)11(16)9-3-5-10(13)6-4-9/h3-6H,7-8H2,1-2H3,(H,14,17). The average molecular weight is 299 g/mol. The molecule has 0 radical (unpaired) electrons. The van der Waals surface area contributed by atoms with E-state index in [1.807, 2.05) is 19.0 Å². The van der Waals surface area contributed by atoms with Crippen molar-refractivity contribution in [1.29, 1.82) is 0 Å². The molecule has 5 heteroatoms. The fourth-order valence-electron chi connectivity index (χ4n) is 1.21. The lowest BCUT2D eigenvalue weighted by Crippen LogP contribution is -2.35. The smallest absolute Gasteiger partial charge is 0.292 e. The third-order valence-corrected chi connectivity index (χ3v) is 2.69. The second kappa shape index (κ2) is 6.51. The lowest BCUT2D eigenvalue weighted by Gasteiger charge is -2.09. The zero-order valence-electron chi connectivity index (χ0n) is 9.87. The van der Waals surface area contributed by atoms with E-state index in [9.17, 15) is 9.59 Å². The summed E-state index contributed by atoms with van der Waals surface area (Å²) in [6.07, 6.45) is 0. The van der Waals surface area contributed by atoms with Crippen LogP contribution in [0.1, 0.15) is 10.4 Å². The van der Waals surface area contributed by atoms with Crippen LogP contribution >= 0.6 is 15.9 Å². The number of carbonyl (C=O) groups is 2. The molecule has 0 heterocycles. The van der Waals surface area contributed by atoms with Crippen LogP contribution < -0.4 is 5.32 Å². The molecule has 0 atom stereocenters. The molecule has 0 saturated carbocycles. The number of rotatable bonds is 5. The van der Waals surface area contributed by atoms with Crippen LogP contribution in [-0.2, 0) is 4.79 Å². The highest BCUT2D eigenvalue weighted by atomic mass is 79.9. The van der Waals surface area contributed by atoms with Crippen molar-refractivity contribution in [3.8, 4) is 0 Å². The number of carbonyl (C=O) groups excluding carboxylic acids is 2. The number of amides is 1. The Labute approximate surface area is 109 Å². The highest BCUT2D eigenvalue weighted by Gasteiger charge is 2.15. The van der Waals surface area contributed by atoms with Gasteiger partial charge >= 0.3 is 0 Å². The molecule has 0 aliphatic carbocycles. The van der Waals surface area contributed by atoms with Crippen LogP contribution in [-0.4, -0.2) is 43.8 Å². The van der Waals surface area contributed by atoms with Gasteiger partial charge in [-0.1, -0.05) is 15.9 Å². The van der Waals surface area contributed by atoms with E-state index in [1.54, 1.807) is 24.3 Å². The molecule has 0 spiro atoms. The summed E-state index contributed by atoms with van der Waals surface area (Å²) in [5.41, 5.74) is 0.399. The van der Waals surface area contributed by atoms with Gasteiger partial charge in [0.25, 0.3) is 5.91 Å². The number of halogens is 1. The molecule has 0 bridgehead atoms. The maximum absolute atomic E-state index is 11.7. The highest BCUT2D eigenvalue weighted by molar-refractivity contribution is 9.10. The van der Waals surface area contributed by atoms with Crippen LogP contribution in [0.25, 0.3) is 0 Å². The molecule has 1 aromatic rings. The summed E-state index contributed by atoms with van der Waals surface area (Å²) in [4.78, 5) is 25.1. The summed E-state index contributed by atoms with van der Waals surface area (Å²) >= 11 is 3.27. The molecular formula is C12H15BrN2O2. The summed E-state index contributed by atoms with van der Waals surface area (Å²) in [5.74, 6) is -1.06. The molecule has 1 rings (SSSR count). The van der Waals surface area contributed by atoms with Crippen LogP contribution in [0.15, 0.2) is 28.7 Å². The third-order valence-electron chi connectivity index (χ3n) is 2.16. The molecule has 0 aliphatic heterocycles. The number of hydrogen-bond donors (Lipinski definition) is 1. The van der Waals surface area contributed by atoms with Crippen molar-refractivity contribution in [2.24, 2.45) is 0 Å². The van der Waals surface area contributed by atoms with Crippen molar-refractivity contribution in [3.63, 3.8) is 0 Å². The molecular weight excluding hydrogens is 284 g/mol. The van der Waals surface area contributed by atoms with Crippen molar-refractivity contribution in [3.05, 3.63) is 34.3 Å². The fourth-order valence-corrected chi connectivity index (χ4v) is 1.47. The number of likely N-dealkylation sites (N-methyl/N-ethyl adjacent to an activating group) is 1. The predicted molar refractivity (Wildman–Crippen MR) is 70.0 cm³/mol. The van der Waals surface area contributed by atoms with Crippen LogP contribution in [0.5, 0.6) is 0 Å². The van der Waals surface area contributed by atoms with Gasteiger partial charge in [0, 0.05) is 23.1 Å². The number of ketones is 1. The summed E-state index contributed by atoms with van der Waals surface area (Å²) in [5, 5.41) is 2.58. The lowest BCUT2D eigenvalue weighted by molar-refractivity contribution is -0.117. The van der Waals surface area contributed by atoms with Crippen molar-refractivity contribution >= 4 is 27.6 Å². The van der Waals surface area contributed by atoms with Crippen LogP contribution in [0.3, 0.4) is 0 Å². The van der Waals surface area contributed by atoms with Crippen molar-refractivity contribution in [2.75, 3.05) is 27.2 Å². The first kappa shape index (κ1) is 13.9. The molecule has 0 unspecified atom stereocenters. The summed E-state index contributed by atoms with van der Waals surface area (Å²) in [6, 6.07) is 6.72. The van der Waals surface area contributed by atoms with E-state index in [0.717, 1.165) is 4.47 Å². The summed E-state index contributed by atoms with van der Waals surface area (Å²) < 4.78 is 0.877. The molecule has 92 valence electrons. The summed E-state index contributed by atoms with van der Waals surface area (Å²) in [7, 11) is 3.81. The lowest BCUT2D eigenvalue weighted by atomic mass is 10.1. The van der Waals surface area contributed by atoms with Gasteiger partial charge in [0.15, 0.2) is 0 Å². The van der Waals surface area contributed by atoms with Gasteiger partial charge in [0.1, 0.15) is 0 Å². The Morgan fingerprint density at radius 3 is 2.35 bits per heavy atom. The third kappa shape index (κ3) is 4.66. The first-order valence-electron chi connectivity index (χ1n) is 5.23. The normalized spacial score (nSPS) is 10.4.